The molecule has 0 saturated carbocycles. The third-order valence-corrected chi connectivity index (χ3v) is 5.13. The van der Waals surface area contributed by atoms with E-state index in [0.29, 0.717) is 17.7 Å². The van der Waals surface area contributed by atoms with E-state index in [-0.39, 0.29) is 12.5 Å². The highest BCUT2D eigenvalue weighted by Crippen LogP contribution is 2.36. The molecule has 1 heterocycles. The molecule has 2 aromatic rings. The third-order valence-electron chi connectivity index (χ3n) is 5.13. The van der Waals surface area contributed by atoms with Crippen molar-refractivity contribution in [1.82, 2.24) is 15.1 Å². The van der Waals surface area contributed by atoms with Gasteiger partial charge in [-0.2, -0.15) is 5.10 Å². The lowest BCUT2D eigenvalue weighted by Crippen LogP contribution is -2.43. The Kier molecular flexibility index (Phi) is 4.56. The van der Waals surface area contributed by atoms with Crippen LogP contribution in [0.3, 0.4) is 0 Å². The summed E-state index contributed by atoms with van der Waals surface area (Å²) in [6.45, 7) is 3.86. The second-order valence-corrected chi connectivity index (χ2v) is 6.76. The number of carbonyl (C=O) groups is 1. The Morgan fingerprint density at radius 2 is 2.20 bits per heavy atom. The lowest BCUT2D eigenvalue weighted by molar-refractivity contribution is 0.0188. The van der Waals surface area contributed by atoms with Crippen molar-refractivity contribution in [3.63, 3.8) is 0 Å². The van der Waals surface area contributed by atoms with Gasteiger partial charge in [0.15, 0.2) is 0 Å². The van der Waals surface area contributed by atoms with Gasteiger partial charge in [-0.05, 0) is 56.4 Å². The van der Waals surface area contributed by atoms with E-state index in [1.54, 1.807) is 11.8 Å². The SMILES string of the molecule is COc1ccc2c(c1)CCCC2(O)CNC(=O)c1c(C)nn(C)c1C. The average Bonchev–Trinajstić information content (AvgIpc) is 2.85. The molecular weight excluding hydrogens is 318 g/mol. The van der Waals surface area contributed by atoms with Crippen LogP contribution in [0.5, 0.6) is 5.75 Å². The minimum Gasteiger partial charge on any atom is -0.497 e. The number of carbonyl (C=O) groups excluding carboxylic acids is 1. The van der Waals surface area contributed by atoms with Gasteiger partial charge in [0, 0.05) is 12.7 Å². The molecule has 0 aliphatic heterocycles. The molecule has 1 aliphatic rings. The van der Waals surface area contributed by atoms with Crippen LogP contribution in [0, 0.1) is 13.8 Å². The smallest absolute Gasteiger partial charge is 0.255 e. The first kappa shape index (κ1) is 17.5. The Balaban J connectivity index is 1.81. The van der Waals surface area contributed by atoms with E-state index < -0.39 is 5.60 Å². The largest absolute Gasteiger partial charge is 0.497 e. The summed E-state index contributed by atoms with van der Waals surface area (Å²) in [6, 6.07) is 5.73. The molecule has 1 aliphatic carbocycles. The van der Waals surface area contributed by atoms with Gasteiger partial charge in [-0.15, -0.1) is 0 Å². The molecule has 1 amide bonds. The van der Waals surface area contributed by atoms with Gasteiger partial charge in [-0.1, -0.05) is 6.07 Å². The molecule has 0 spiro atoms. The van der Waals surface area contributed by atoms with Crippen molar-refractivity contribution in [3.05, 3.63) is 46.3 Å². The first-order valence-corrected chi connectivity index (χ1v) is 8.54. The standard InChI is InChI=1S/C19H25N3O3/c1-12-17(13(2)22(3)21-12)18(23)20-11-19(24)9-5-6-14-10-15(25-4)7-8-16(14)19/h7-8,10,24H,5-6,9,11H2,1-4H3,(H,20,23). The number of aromatic nitrogens is 2. The summed E-state index contributed by atoms with van der Waals surface area (Å²) in [4.78, 5) is 12.6. The Hall–Kier alpha value is -2.34. The quantitative estimate of drug-likeness (QED) is 0.890. The molecule has 0 fully saturated rings. The van der Waals surface area contributed by atoms with Crippen LogP contribution in [0.15, 0.2) is 18.2 Å². The number of aliphatic hydroxyl groups is 1. The van der Waals surface area contributed by atoms with Crippen molar-refractivity contribution in [2.75, 3.05) is 13.7 Å². The van der Waals surface area contributed by atoms with Gasteiger partial charge in [0.25, 0.3) is 5.91 Å². The van der Waals surface area contributed by atoms with E-state index in [9.17, 15) is 9.90 Å². The number of amides is 1. The van der Waals surface area contributed by atoms with E-state index in [0.717, 1.165) is 35.4 Å². The normalized spacial score (nSPS) is 19.4. The highest BCUT2D eigenvalue weighted by Gasteiger charge is 2.35. The van der Waals surface area contributed by atoms with Crippen LogP contribution in [-0.4, -0.2) is 34.4 Å². The third kappa shape index (κ3) is 3.14. The molecule has 1 aromatic heterocycles. The molecule has 1 aromatic carbocycles. The highest BCUT2D eigenvalue weighted by molar-refractivity contribution is 5.96. The van der Waals surface area contributed by atoms with Crippen molar-refractivity contribution in [1.29, 1.82) is 0 Å². The summed E-state index contributed by atoms with van der Waals surface area (Å²) in [5.41, 5.74) is 2.99. The van der Waals surface area contributed by atoms with E-state index in [4.69, 9.17) is 4.74 Å². The van der Waals surface area contributed by atoms with Gasteiger partial charge in [-0.3, -0.25) is 9.48 Å². The molecular formula is C19H25N3O3. The van der Waals surface area contributed by atoms with Gasteiger partial charge >= 0.3 is 0 Å². The van der Waals surface area contributed by atoms with Crippen molar-refractivity contribution in [2.45, 2.75) is 38.7 Å². The number of ether oxygens (including phenoxy) is 1. The summed E-state index contributed by atoms with van der Waals surface area (Å²) in [6.07, 6.45) is 2.40. The van der Waals surface area contributed by atoms with Crippen LogP contribution in [0.2, 0.25) is 0 Å². The first-order chi connectivity index (χ1) is 11.9. The topological polar surface area (TPSA) is 76.4 Å². The number of hydrogen-bond acceptors (Lipinski definition) is 4. The van der Waals surface area contributed by atoms with E-state index >= 15 is 0 Å². The van der Waals surface area contributed by atoms with Crippen LogP contribution >= 0.6 is 0 Å². The number of benzene rings is 1. The lowest BCUT2D eigenvalue weighted by atomic mass is 9.79. The second-order valence-electron chi connectivity index (χ2n) is 6.76. The Bertz CT molecular complexity index is 812. The van der Waals surface area contributed by atoms with E-state index in [2.05, 4.69) is 10.4 Å². The van der Waals surface area contributed by atoms with Crippen molar-refractivity contribution in [3.8, 4) is 5.75 Å². The fraction of sp³-hybridized carbons (Fsp3) is 0.474. The van der Waals surface area contributed by atoms with Crippen LogP contribution in [-0.2, 0) is 19.1 Å². The van der Waals surface area contributed by atoms with Gasteiger partial charge < -0.3 is 15.2 Å². The Morgan fingerprint density at radius 3 is 2.84 bits per heavy atom. The molecule has 1 atom stereocenters. The summed E-state index contributed by atoms with van der Waals surface area (Å²) in [5, 5.41) is 18.3. The fourth-order valence-electron chi connectivity index (χ4n) is 3.66. The zero-order valence-electron chi connectivity index (χ0n) is 15.2. The minimum absolute atomic E-state index is 0.180. The molecule has 6 heteroatoms. The van der Waals surface area contributed by atoms with E-state index in [1.165, 1.54) is 0 Å². The number of hydrogen-bond donors (Lipinski definition) is 2. The monoisotopic (exact) mass is 343 g/mol. The first-order valence-electron chi connectivity index (χ1n) is 8.54. The van der Waals surface area contributed by atoms with Gasteiger partial charge in [0.2, 0.25) is 0 Å². The number of nitrogens with zero attached hydrogens (tertiary/aromatic N) is 2. The molecule has 134 valence electrons. The molecule has 0 saturated heterocycles. The highest BCUT2D eigenvalue weighted by atomic mass is 16.5. The maximum absolute atomic E-state index is 12.6. The summed E-state index contributed by atoms with van der Waals surface area (Å²) < 4.78 is 6.97. The summed E-state index contributed by atoms with van der Waals surface area (Å²) in [5.74, 6) is 0.589. The molecule has 2 N–H and O–H groups in total. The summed E-state index contributed by atoms with van der Waals surface area (Å²) in [7, 11) is 3.45. The number of fused-ring (bicyclic) bond motifs is 1. The van der Waals surface area contributed by atoms with Crippen molar-refractivity contribution in [2.24, 2.45) is 7.05 Å². The zero-order valence-corrected chi connectivity index (χ0v) is 15.2. The maximum Gasteiger partial charge on any atom is 0.255 e. The Labute approximate surface area is 147 Å². The van der Waals surface area contributed by atoms with Gasteiger partial charge in [0.05, 0.1) is 24.9 Å². The van der Waals surface area contributed by atoms with Crippen molar-refractivity contribution >= 4 is 5.91 Å². The molecule has 3 rings (SSSR count). The van der Waals surface area contributed by atoms with Gasteiger partial charge in [-0.25, -0.2) is 0 Å². The maximum atomic E-state index is 12.6. The predicted octanol–water partition coefficient (Wildman–Crippen LogP) is 2.00. The van der Waals surface area contributed by atoms with Crippen LogP contribution in [0.1, 0.15) is 45.7 Å². The molecule has 25 heavy (non-hydrogen) atoms. The van der Waals surface area contributed by atoms with Crippen LogP contribution in [0.25, 0.3) is 0 Å². The fourth-order valence-corrected chi connectivity index (χ4v) is 3.66. The van der Waals surface area contributed by atoms with Crippen LogP contribution in [0.4, 0.5) is 0 Å². The van der Waals surface area contributed by atoms with E-state index in [1.807, 2.05) is 39.1 Å². The lowest BCUT2D eigenvalue weighted by Gasteiger charge is -2.35. The number of aryl methyl sites for hydroxylation is 3. The molecule has 0 radical (unpaired) electrons. The second kappa shape index (κ2) is 6.52. The average molecular weight is 343 g/mol. The molecule has 0 bridgehead atoms. The van der Waals surface area contributed by atoms with Crippen LogP contribution < -0.4 is 10.1 Å². The minimum atomic E-state index is -1.06. The predicted molar refractivity (Wildman–Crippen MR) is 94.8 cm³/mol. The Morgan fingerprint density at radius 1 is 1.44 bits per heavy atom. The molecule has 1 unspecified atom stereocenters. The zero-order chi connectivity index (χ0) is 18.2. The van der Waals surface area contributed by atoms with Gasteiger partial charge in [0.1, 0.15) is 11.4 Å². The number of nitrogens with one attached hydrogen (secondary N) is 1. The molecule has 6 nitrogen and oxygen atoms in total. The number of methoxy groups -OCH3 is 1. The number of rotatable bonds is 4. The van der Waals surface area contributed by atoms with Crippen molar-refractivity contribution < 1.29 is 14.6 Å². The summed E-state index contributed by atoms with van der Waals surface area (Å²) >= 11 is 0.